The first-order chi connectivity index (χ1) is 18.3. The fourth-order valence-electron chi connectivity index (χ4n) is 4.89. The zero-order valence-corrected chi connectivity index (χ0v) is 23.3. The third-order valence-electron chi connectivity index (χ3n) is 6.77. The molecule has 4 aromatic rings. The maximum Gasteiger partial charge on any atom is 0.272 e. The minimum Gasteiger partial charge on any atom is -0.496 e. The van der Waals surface area contributed by atoms with Gasteiger partial charge >= 0.3 is 0 Å². The van der Waals surface area contributed by atoms with Gasteiger partial charge in [0.1, 0.15) is 9.96 Å². The van der Waals surface area contributed by atoms with Crippen LogP contribution in [-0.2, 0) is 27.9 Å². The number of amides is 1. The molecule has 2 heterocycles. The van der Waals surface area contributed by atoms with E-state index in [4.69, 9.17) is 16.3 Å². The second-order valence-corrected chi connectivity index (χ2v) is 13.0. The van der Waals surface area contributed by atoms with E-state index in [-0.39, 0.29) is 21.9 Å². The number of nitrogens with one attached hydrogen (secondary N) is 2. The summed E-state index contributed by atoms with van der Waals surface area (Å²) in [4.78, 5) is 12.6. The molecule has 200 valence electrons. The first kappa shape index (κ1) is 26.5. The smallest absolute Gasteiger partial charge is 0.272 e. The molecule has 0 unspecified atom stereocenters. The number of hydrogen-bond acceptors (Lipinski definition) is 6. The molecule has 1 amide bonds. The normalized spacial score (nSPS) is 14.5. The third-order valence-corrected chi connectivity index (χ3v) is 9.83. The van der Waals surface area contributed by atoms with E-state index in [9.17, 15) is 13.2 Å². The number of sulfonamides is 1. The van der Waals surface area contributed by atoms with Gasteiger partial charge < -0.3 is 10.1 Å². The number of nitrogens with zero attached hydrogens (tertiary/aromatic N) is 2. The molecule has 0 radical (unpaired) electrons. The molecule has 8 nitrogen and oxygen atoms in total. The SMILES string of the molecule is COc1cccc2c1c(NS(=O)(=O)c1ccc(Cl)s1)nn2Cc1cccc(CNC(=O)C2CCCCC2)c1. The predicted molar refractivity (Wildman–Crippen MR) is 150 cm³/mol. The fourth-order valence-corrected chi connectivity index (χ4v) is 7.38. The van der Waals surface area contributed by atoms with Crippen LogP contribution >= 0.6 is 22.9 Å². The second-order valence-electron chi connectivity index (χ2n) is 9.40. The van der Waals surface area contributed by atoms with Crippen molar-refractivity contribution in [2.45, 2.75) is 49.4 Å². The first-order valence-corrected chi connectivity index (χ1v) is 15.2. The van der Waals surface area contributed by atoms with Crippen molar-refractivity contribution in [1.82, 2.24) is 15.1 Å². The number of carbonyl (C=O) groups is 1. The molecule has 0 bridgehead atoms. The molecule has 1 aliphatic rings. The van der Waals surface area contributed by atoms with Crippen molar-refractivity contribution in [3.63, 3.8) is 0 Å². The Morgan fingerprint density at radius 2 is 1.87 bits per heavy atom. The van der Waals surface area contributed by atoms with Crippen molar-refractivity contribution in [1.29, 1.82) is 0 Å². The Balaban J connectivity index is 1.39. The molecule has 1 saturated carbocycles. The summed E-state index contributed by atoms with van der Waals surface area (Å²) in [6.45, 7) is 0.867. The molecule has 0 atom stereocenters. The summed E-state index contributed by atoms with van der Waals surface area (Å²) < 4.78 is 36.4. The summed E-state index contributed by atoms with van der Waals surface area (Å²) >= 11 is 6.94. The molecule has 0 aliphatic heterocycles. The highest BCUT2D eigenvalue weighted by atomic mass is 35.5. The largest absolute Gasteiger partial charge is 0.496 e. The number of halogens is 1. The highest BCUT2D eigenvalue weighted by Crippen LogP contribution is 2.35. The molecule has 1 fully saturated rings. The minimum absolute atomic E-state index is 0.100. The summed E-state index contributed by atoms with van der Waals surface area (Å²) in [5.74, 6) is 0.932. The summed E-state index contributed by atoms with van der Waals surface area (Å²) in [6, 6.07) is 16.4. The maximum atomic E-state index is 13.0. The van der Waals surface area contributed by atoms with Gasteiger partial charge in [0.2, 0.25) is 5.91 Å². The topological polar surface area (TPSA) is 102 Å². The number of fused-ring (bicyclic) bond motifs is 1. The van der Waals surface area contributed by atoms with Gasteiger partial charge in [-0.3, -0.25) is 14.2 Å². The van der Waals surface area contributed by atoms with Crippen molar-refractivity contribution >= 4 is 55.6 Å². The van der Waals surface area contributed by atoms with Crippen molar-refractivity contribution in [3.8, 4) is 5.75 Å². The van der Waals surface area contributed by atoms with Crippen molar-refractivity contribution < 1.29 is 17.9 Å². The van der Waals surface area contributed by atoms with E-state index in [2.05, 4.69) is 15.1 Å². The number of methoxy groups -OCH3 is 1. The molecule has 38 heavy (non-hydrogen) atoms. The average Bonchev–Trinajstić information content (AvgIpc) is 3.52. The Bertz CT molecular complexity index is 1560. The first-order valence-electron chi connectivity index (χ1n) is 12.5. The summed E-state index contributed by atoms with van der Waals surface area (Å²) in [5, 5.41) is 8.28. The monoisotopic (exact) mass is 572 g/mol. The number of thiophene rings is 1. The van der Waals surface area contributed by atoms with Crippen LogP contribution in [0.5, 0.6) is 5.75 Å². The van der Waals surface area contributed by atoms with Crippen LogP contribution in [0.15, 0.2) is 58.8 Å². The van der Waals surface area contributed by atoms with E-state index in [1.165, 1.54) is 19.6 Å². The van der Waals surface area contributed by atoms with Crippen LogP contribution in [0.4, 0.5) is 5.82 Å². The quantitative estimate of drug-likeness (QED) is 0.264. The number of aromatic nitrogens is 2. The molecule has 2 aromatic carbocycles. The third kappa shape index (κ3) is 5.82. The molecule has 5 rings (SSSR count). The Kier molecular flexibility index (Phi) is 7.92. The van der Waals surface area contributed by atoms with Gasteiger partial charge in [0.05, 0.1) is 28.9 Å². The van der Waals surface area contributed by atoms with Gasteiger partial charge in [0.25, 0.3) is 10.0 Å². The summed E-state index contributed by atoms with van der Waals surface area (Å²) in [6.07, 6.45) is 5.39. The Labute approximate surface area is 231 Å². The van der Waals surface area contributed by atoms with Crippen molar-refractivity contribution in [3.05, 3.63) is 70.1 Å². The van der Waals surface area contributed by atoms with Gasteiger partial charge in [-0.1, -0.05) is 61.2 Å². The standard InChI is InChI=1S/C27H29ClN4O4S2/c1-36-22-12-6-11-21-25(22)26(31-38(34,35)24-14-13-23(28)37-24)30-32(21)17-19-8-5-7-18(15-19)16-29-27(33)20-9-3-2-4-10-20/h5-8,11-15,20H,2-4,9-10,16-17H2,1H3,(H,29,33)(H,30,31). The lowest BCUT2D eigenvalue weighted by Gasteiger charge is -2.20. The predicted octanol–water partition coefficient (Wildman–Crippen LogP) is 5.81. The minimum atomic E-state index is -3.89. The van der Waals surface area contributed by atoms with Gasteiger partial charge in [0, 0.05) is 12.5 Å². The molecule has 1 aliphatic carbocycles. The zero-order valence-electron chi connectivity index (χ0n) is 20.9. The van der Waals surface area contributed by atoms with Crippen LogP contribution in [0, 0.1) is 5.92 Å². The van der Waals surface area contributed by atoms with Gasteiger partial charge in [-0.05, 0) is 48.2 Å². The lowest BCUT2D eigenvalue weighted by atomic mass is 9.88. The summed E-state index contributed by atoms with van der Waals surface area (Å²) in [5.41, 5.74) is 2.69. The van der Waals surface area contributed by atoms with E-state index in [1.54, 1.807) is 16.8 Å². The number of carbonyl (C=O) groups excluding carboxylic acids is 1. The van der Waals surface area contributed by atoms with Crippen LogP contribution in [0.25, 0.3) is 10.9 Å². The number of benzene rings is 2. The highest BCUT2D eigenvalue weighted by Gasteiger charge is 2.23. The summed E-state index contributed by atoms with van der Waals surface area (Å²) in [7, 11) is -2.35. The van der Waals surface area contributed by atoms with Crippen LogP contribution < -0.4 is 14.8 Å². The molecule has 0 spiro atoms. The van der Waals surface area contributed by atoms with E-state index >= 15 is 0 Å². The maximum absolute atomic E-state index is 13.0. The lowest BCUT2D eigenvalue weighted by Crippen LogP contribution is -2.31. The highest BCUT2D eigenvalue weighted by molar-refractivity contribution is 7.94. The van der Waals surface area contributed by atoms with Crippen molar-refractivity contribution in [2.24, 2.45) is 5.92 Å². The van der Waals surface area contributed by atoms with Crippen LogP contribution in [0.3, 0.4) is 0 Å². The van der Waals surface area contributed by atoms with Gasteiger partial charge in [-0.15, -0.1) is 11.3 Å². The Hall–Kier alpha value is -3.08. The zero-order chi connectivity index (χ0) is 26.7. The molecular formula is C27H29ClN4O4S2. The Morgan fingerprint density at radius 1 is 1.11 bits per heavy atom. The Morgan fingerprint density at radius 3 is 2.61 bits per heavy atom. The number of anilines is 1. The van der Waals surface area contributed by atoms with Crippen LogP contribution in [0.2, 0.25) is 4.34 Å². The molecular weight excluding hydrogens is 544 g/mol. The van der Waals surface area contributed by atoms with E-state index in [0.29, 0.717) is 28.6 Å². The van der Waals surface area contributed by atoms with Gasteiger partial charge in [-0.2, -0.15) is 5.10 Å². The van der Waals surface area contributed by atoms with Crippen LogP contribution in [-0.4, -0.2) is 31.2 Å². The lowest BCUT2D eigenvalue weighted by molar-refractivity contribution is -0.126. The number of ether oxygens (including phenoxy) is 1. The van der Waals surface area contributed by atoms with Gasteiger partial charge in [-0.25, -0.2) is 8.42 Å². The number of hydrogen-bond donors (Lipinski definition) is 2. The fraction of sp³-hybridized carbons (Fsp3) is 0.333. The number of rotatable bonds is 9. The van der Waals surface area contributed by atoms with E-state index in [0.717, 1.165) is 53.7 Å². The molecule has 11 heteroatoms. The van der Waals surface area contributed by atoms with Gasteiger partial charge in [0.15, 0.2) is 5.82 Å². The second kappa shape index (κ2) is 11.3. The molecule has 2 aromatic heterocycles. The van der Waals surface area contributed by atoms with E-state index < -0.39 is 10.0 Å². The molecule has 2 N–H and O–H groups in total. The average molecular weight is 573 g/mol. The molecule has 0 saturated heterocycles. The van der Waals surface area contributed by atoms with Crippen molar-refractivity contribution in [2.75, 3.05) is 11.8 Å². The van der Waals surface area contributed by atoms with E-state index in [1.807, 2.05) is 36.4 Å². The van der Waals surface area contributed by atoms with Crippen LogP contribution in [0.1, 0.15) is 43.2 Å².